The fourth-order valence-electron chi connectivity index (χ4n) is 2.08. The van der Waals surface area contributed by atoms with E-state index in [0.29, 0.717) is 6.42 Å². The largest absolute Gasteiger partial charge is 0.469 e. The lowest BCUT2D eigenvalue weighted by Crippen LogP contribution is -1.99. The number of hydrogen-bond acceptors (Lipinski definition) is 2. The summed E-state index contributed by atoms with van der Waals surface area (Å²) >= 11 is 0. The van der Waals surface area contributed by atoms with Crippen LogP contribution in [0.4, 0.5) is 0 Å². The second-order valence-electron chi connectivity index (χ2n) is 5.20. The first-order chi connectivity index (χ1) is 9.31. The van der Waals surface area contributed by atoms with E-state index < -0.39 is 0 Å². The lowest BCUT2D eigenvalue weighted by molar-refractivity contribution is -0.140. The zero-order valence-corrected chi connectivity index (χ0v) is 13.0. The third-order valence-electron chi connectivity index (χ3n) is 3.37. The lowest BCUT2D eigenvalue weighted by Gasteiger charge is -2.01. The number of unbranched alkanes of at least 4 members (excludes halogenated alkanes) is 9. The summed E-state index contributed by atoms with van der Waals surface area (Å²) in [6, 6.07) is 0. The third-order valence-corrected chi connectivity index (χ3v) is 3.37. The predicted octanol–water partition coefficient (Wildman–Crippen LogP) is 5.42. The number of allylic oxidation sites excluding steroid dienone is 2. The second kappa shape index (κ2) is 15.3. The zero-order chi connectivity index (χ0) is 14.2. The first kappa shape index (κ1) is 18.2. The van der Waals surface area contributed by atoms with Crippen LogP contribution in [0, 0.1) is 0 Å². The van der Waals surface area contributed by atoms with Crippen LogP contribution in [0.5, 0.6) is 0 Å². The topological polar surface area (TPSA) is 26.3 Å². The molecule has 0 aliphatic rings. The molecule has 0 heterocycles. The molecule has 2 nitrogen and oxygen atoms in total. The fraction of sp³-hybridized carbons (Fsp3) is 0.824. The van der Waals surface area contributed by atoms with Crippen LogP contribution >= 0.6 is 0 Å². The van der Waals surface area contributed by atoms with E-state index >= 15 is 0 Å². The number of ether oxygens (including phenoxy) is 1. The van der Waals surface area contributed by atoms with Crippen molar-refractivity contribution in [1.29, 1.82) is 0 Å². The zero-order valence-electron chi connectivity index (χ0n) is 13.0. The Morgan fingerprint density at radius 3 is 1.95 bits per heavy atom. The van der Waals surface area contributed by atoms with Crippen molar-refractivity contribution in [2.24, 2.45) is 0 Å². The van der Waals surface area contributed by atoms with Crippen LogP contribution in [0.2, 0.25) is 0 Å². The molecule has 0 aromatic carbocycles. The summed E-state index contributed by atoms with van der Waals surface area (Å²) < 4.78 is 4.61. The molecule has 0 spiro atoms. The molecule has 0 aliphatic carbocycles. The van der Waals surface area contributed by atoms with Gasteiger partial charge in [0.2, 0.25) is 0 Å². The molecule has 0 amide bonds. The maximum atomic E-state index is 10.9. The minimum absolute atomic E-state index is 0.0742. The Morgan fingerprint density at radius 1 is 0.842 bits per heavy atom. The van der Waals surface area contributed by atoms with Crippen molar-refractivity contribution in [3.63, 3.8) is 0 Å². The van der Waals surface area contributed by atoms with Gasteiger partial charge in [-0.3, -0.25) is 4.79 Å². The average molecular weight is 268 g/mol. The minimum atomic E-state index is -0.0742. The molecule has 0 rings (SSSR count). The van der Waals surface area contributed by atoms with E-state index in [9.17, 15) is 4.79 Å². The molecule has 0 bridgehead atoms. The van der Waals surface area contributed by atoms with Crippen molar-refractivity contribution in [3.05, 3.63) is 12.2 Å². The molecule has 0 aliphatic heterocycles. The molecule has 0 saturated heterocycles. The van der Waals surface area contributed by atoms with E-state index in [4.69, 9.17) is 0 Å². The van der Waals surface area contributed by atoms with Gasteiger partial charge in [-0.05, 0) is 25.7 Å². The van der Waals surface area contributed by atoms with Gasteiger partial charge in [0.1, 0.15) is 0 Å². The number of methoxy groups -OCH3 is 1. The Balaban J connectivity index is 3.06. The van der Waals surface area contributed by atoms with Gasteiger partial charge in [-0.15, -0.1) is 0 Å². The van der Waals surface area contributed by atoms with Crippen LogP contribution in [0.1, 0.15) is 84.0 Å². The summed E-state index contributed by atoms with van der Waals surface area (Å²) in [4.78, 5) is 10.9. The number of esters is 1. The quantitative estimate of drug-likeness (QED) is 0.253. The third kappa shape index (κ3) is 15.2. The number of carbonyl (C=O) groups is 1. The second-order valence-corrected chi connectivity index (χ2v) is 5.20. The monoisotopic (exact) mass is 268 g/mol. The molecular weight excluding hydrogens is 236 g/mol. The van der Waals surface area contributed by atoms with Gasteiger partial charge in [0.15, 0.2) is 0 Å². The molecule has 19 heavy (non-hydrogen) atoms. The molecular formula is C17H32O2. The summed E-state index contributed by atoms with van der Waals surface area (Å²) in [5.74, 6) is -0.0742. The summed E-state index contributed by atoms with van der Waals surface area (Å²) in [7, 11) is 1.46. The van der Waals surface area contributed by atoms with E-state index in [0.717, 1.165) is 12.8 Å². The minimum Gasteiger partial charge on any atom is -0.469 e. The Bertz CT molecular complexity index is 221. The van der Waals surface area contributed by atoms with Crippen molar-refractivity contribution in [3.8, 4) is 0 Å². The van der Waals surface area contributed by atoms with Crippen LogP contribution in [0.15, 0.2) is 12.2 Å². The van der Waals surface area contributed by atoms with E-state index in [2.05, 4.69) is 23.8 Å². The summed E-state index contributed by atoms with van der Waals surface area (Å²) in [5.41, 5.74) is 0. The highest BCUT2D eigenvalue weighted by Crippen LogP contribution is 2.10. The fourth-order valence-corrected chi connectivity index (χ4v) is 2.08. The van der Waals surface area contributed by atoms with Crippen LogP contribution < -0.4 is 0 Å². The molecule has 0 unspecified atom stereocenters. The van der Waals surface area contributed by atoms with Crippen molar-refractivity contribution >= 4 is 5.97 Å². The molecule has 0 aromatic rings. The maximum absolute atomic E-state index is 10.9. The smallest absolute Gasteiger partial charge is 0.305 e. The lowest BCUT2D eigenvalue weighted by atomic mass is 10.1. The van der Waals surface area contributed by atoms with Crippen molar-refractivity contribution in [2.45, 2.75) is 84.0 Å². The van der Waals surface area contributed by atoms with Crippen molar-refractivity contribution in [1.82, 2.24) is 0 Å². The Labute approximate surface area is 119 Å². The molecule has 2 heteroatoms. The SMILES string of the molecule is CCCC/C=C/CCCCCCCCCC(=O)OC. The van der Waals surface area contributed by atoms with Gasteiger partial charge >= 0.3 is 5.97 Å². The van der Waals surface area contributed by atoms with Crippen LogP contribution in [0.3, 0.4) is 0 Å². The summed E-state index contributed by atoms with van der Waals surface area (Å²) in [5, 5.41) is 0. The van der Waals surface area contributed by atoms with Gasteiger partial charge in [-0.2, -0.15) is 0 Å². The first-order valence-corrected chi connectivity index (χ1v) is 8.03. The van der Waals surface area contributed by atoms with Gasteiger partial charge in [0.25, 0.3) is 0 Å². The van der Waals surface area contributed by atoms with Gasteiger partial charge in [0, 0.05) is 6.42 Å². The summed E-state index contributed by atoms with van der Waals surface area (Å²) in [6.45, 7) is 2.24. The molecule has 0 aromatic heterocycles. The number of carbonyl (C=O) groups excluding carboxylic acids is 1. The standard InChI is InChI=1S/C17H32O2/c1-3-4-5-6-7-8-9-10-11-12-13-14-15-16-17(18)19-2/h6-7H,3-5,8-16H2,1-2H3/b7-6+. The highest BCUT2D eigenvalue weighted by Gasteiger charge is 1.98. The molecule has 0 N–H and O–H groups in total. The van der Waals surface area contributed by atoms with Gasteiger partial charge in [-0.1, -0.05) is 64.0 Å². The van der Waals surface area contributed by atoms with Crippen molar-refractivity contribution in [2.75, 3.05) is 7.11 Å². The molecule has 112 valence electrons. The number of hydrogen-bond donors (Lipinski definition) is 0. The summed E-state index contributed by atoms with van der Waals surface area (Å²) in [6.07, 6.45) is 19.1. The Kier molecular flexibility index (Phi) is 14.6. The highest BCUT2D eigenvalue weighted by atomic mass is 16.5. The van der Waals surface area contributed by atoms with Gasteiger partial charge in [-0.25, -0.2) is 0 Å². The van der Waals surface area contributed by atoms with Crippen LogP contribution in [-0.4, -0.2) is 13.1 Å². The van der Waals surface area contributed by atoms with E-state index in [1.54, 1.807) is 0 Å². The molecule has 0 fully saturated rings. The van der Waals surface area contributed by atoms with E-state index in [1.165, 1.54) is 64.9 Å². The molecule has 0 saturated carbocycles. The van der Waals surface area contributed by atoms with Gasteiger partial charge < -0.3 is 4.74 Å². The number of rotatable bonds is 13. The van der Waals surface area contributed by atoms with E-state index in [-0.39, 0.29) is 5.97 Å². The molecule has 0 atom stereocenters. The van der Waals surface area contributed by atoms with Crippen LogP contribution in [0.25, 0.3) is 0 Å². The van der Waals surface area contributed by atoms with E-state index in [1.807, 2.05) is 0 Å². The average Bonchev–Trinajstić information content (AvgIpc) is 2.43. The predicted molar refractivity (Wildman–Crippen MR) is 82.2 cm³/mol. The highest BCUT2D eigenvalue weighted by molar-refractivity contribution is 5.68. The van der Waals surface area contributed by atoms with Gasteiger partial charge in [0.05, 0.1) is 7.11 Å². The Hall–Kier alpha value is -0.790. The molecule has 0 radical (unpaired) electrons. The first-order valence-electron chi connectivity index (χ1n) is 8.03. The van der Waals surface area contributed by atoms with Crippen molar-refractivity contribution < 1.29 is 9.53 Å². The Morgan fingerprint density at radius 2 is 1.37 bits per heavy atom. The van der Waals surface area contributed by atoms with Crippen LogP contribution in [-0.2, 0) is 9.53 Å². The maximum Gasteiger partial charge on any atom is 0.305 e. The normalized spacial score (nSPS) is 11.1.